The van der Waals surface area contributed by atoms with E-state index >= 15 is 0 Å². The summed E-state index contributed by atoms with van der Waals surface area (Å²) in [4.78, 5) is 0. The Hall–Kier alpha value is -2.12. The summed E-state index contributed by atoms with van der Waals surface area (Å²) < 4.78 is 44.2. The van der Waals surface area contributed by atoms with E-state index in [1.54, 1.807) is 18.2 Å². The van der Waals surface area contributed by atoms with Gasteiger partial charge in [0.25, 0.3) is 0 Å². The summed E-state index contributed by atoms with van der Waals surface area (Å²) in [6.45, 7) is 0. The van der Waals surface area contributed by atoms with Gasteiger partial charge >= 0.3 is 6.18 Å². The second-order valence-electron chi connectivity index (χ2n) is 6.72. The Bertz CT molecular complexity index is 1100. The van der Waals surface area contributed by atoms with Gasteiger partial charge in [-0.25, -0.2) is 0 Å². The predicted molar refractivity (Wildman–Crippen MR) is 129 cm³/mol. The van der Waals surface area contributed by atoms with Crippen LogP contribution in [0.5, 0.6) is 0 Å². The molecule has 1 aliphatic rings. The number of rotatable bonds is 3. The first-order valence-corrected chi connectivity index (χ1v) is 11.0. The zero-order valence-electron chi connectivity index (χ0n) is 15.6. The summed E-state index contributed by atoms with van der Waals surface area (Å²) in [7, 11) is 0. The van der Waals surface area contributed by atoms with Crippen LogP contribution in [0.1, 0.15) is 16.7 Å². The van der Waals surface area contributed by atoms with Gasteiger partial charge in [0.05, 0.1) is 5.57 Å². The molecule has 3 aromatic rings. The van der Waals surface area contributed by atoms with Crippen molar-refractivity contribution in [2.24, 2.45) is 0 Å². The van der Waals surface area contributed by atoms with E-state index in [4.69, 9.17) is 0 Å². The highest BCUT2D eigenvalue weighted by molar-refractivity contribution is 14.1. The van der Waals surface area contributed by atoms with Gasteiger partial charge in [-0.3, -0.25) is 0 Å². The van der Waals surface area contributed by atoms with Crippen LogP contribution in [-0.2, 0) is 0 Å². The number of hydrogen-bond donors (Lipinski definition) is 0. The van der Waals surface area contributed by atoms with Crippen LogP contribution in [0.2, 0.25) is 0 Å². The lowest BCUT2D eigenvalue weighted by atomic mass is 10.0. The van der Waals surface area contributed by atoms with E-state index in [0.29, 0.717) is 15.6 Å². The molecule has 0 amide bonds. The highest BCUT2D eigenvalue weighted by atomic mass is 127. The molecule has 1 fully saturated rings. The molecule has 0 heterocycles. The van der Waals surface area contributed by atoms with Crippen LogP contribution in [0.25, 0.3) is 13.6 Å². The Balaban J connectivity index is 2.04. The summed E-state index contributed by atoms with van der Waals surface area (Å²) >= 11 is 5.73. The number of hydrogen-bond acceptors (Lipinski definition) is 0. The Morgan fingerprint density at radius 2 is 1.03 bits per heavy atom. The number of halogens is 5. The molecule has 0 atom stereocenters. The average molecular weight is 579 g/mol. The monoisotopic (exact) mass is 578 g/mol. The van der Waals surface area contributed by atoms with Crippen molar-refractivity contribution < 1.29 is 13.2 Å². The fraction of sp³-hybridized carbons (Fsp3) is 0.0400. The van der Waals surface area contributed by atoms with Gasteiger partial charge in [0.15, 0.2) is 0 Å². The van der Waals surface area contributed by atoms with Crippen molar-refractivity contribution in [2.75, 3.05) is 0 Å². The van der Waals surface area contributed by atoms with Gasteiger partial charge in [0.1, 0.15) is 0 Å². The molecular weight excluding hydrogens is 564 g/mol. The Labute approximate surface area is 195 Å². The molecule has 0 aromatic heterocycles. The molecule has 30 heavy (non-hydrogen) atoms. The van der Waals surface area contributed by atoms with Gasteiger partial charge in [-0.1, -0.05) is 91.0 Å². The molecule has 4 rings (SSSR count). The van der Waals surface area contributed by atoms with E-state index in [2.05, 4.69) is 38.5 Å². The molecule has 150 valence electrons. The fourth-order valence-corrected chi connectivity index (χ4v) is 4.95. The van der Waals surface area contributed by atoms with Gasteiger partial charge in [0, 0.05) is 24.8 Å². The van der Waals surface area contributed by atoms with E-state index in [1.807, 2.05) is 60.7 Å². The SMILES string of the molecule is FC(F)(F)/C(=C1\C(=C(Br)c2ccccc2)\C1=C(\I)c1ccccc1)c1ccccc1. The smallest absolute Gasteiger partial charge is 0.166 e. The molecule has 0 aliphatic heterocycles. The third-order valence-corrected chi connectivity index (χ3v) is 6.79. The molecular formula is C25H15BrF3I. The van der Waals surface area contributed by atoms with E-state index in [9.17, 15) is 13.2 Å². The van der Waals surface area contributed by atoms with E-state index < -0.39 is 11.7 Å². The van der Waals surface area contributed by atoms with E-state index in [1.165, 1.54) is 12.1 Å². The maximum Gasteiger partial charge on any atom is 0.417 e. The highest BCUT2D eigenvalue weighted by Gasteiger charge is 2.47. The Kier molecular flexibility index (Phi) is 6.02. The largest absolute Gasteiger partial charge is 0.417 e. The normalized spacial score (nSPS) is 18.7. The van der Waals surface area contributed by atoms with Gasteiger partial charge in [-0.05, 0) is 55.2 Å². The molecule has 0 saturated heterocycles. The molecule has 0 nitrogen and oxygen atoms in total. The Morgan fingerprint density at radius 3 is 1.50 bits per heavy atom. The van der Waals surface area contributed by atoms with Crippen molar-refractivity contribution >= 4 is 52.2 Å². The first-order chi connectivity index (χ1) is 14.4. The number of allylic oxidation sites excluding steroid dienone is 4. The second kappa shape index (κ2) is 8.55. The zero-order chi connectivity index (χ0) is 21.3. The first kappa shape index (κ1) is 21.1. The van der Waals surface area contributed by atoms with Gasteiger partial charge in [0.2, 0.25) is 0 Å². The quantitative estimate of drug-likeness (QED) is 0.273. The molecule has 5 heteroatoms. The standard InChI is InChI=1S/C25H15BrF3I/c26-23(17-12-6-2-7-13-17)20-19(21(20)24(30)18-14-8-3-9-15-18)22(25(27,28)29)16-10-4-1-5-11-16/h1-15H/b22-19+,23-20?,24-21+. The number of alkyl halides is 3. The zero-order valence-corrected chi connectivity index (χ0v) is 19.3. The lowest BCUT2D eigenvalue weighted by Crippen LogP contribution is -2.11. The third kappa shape index (κ3) is 4.18. The van der Waals surface area contributed by atoms with Gasteiger partial charge in [-0.15, -0.1) is 0 Å². The molecule has 0 radical (unpaired) electrons. The topological polar surface area (TPSA) is 0 Å². The molecule has 1 aliphatic carbocycles. The van der Waals surface area contributed by atoms with Crippen molar-refractivity contribution in [1.29, 1.82) is 0 Å². The maximum absolute atomic E-state index is 14.3. The van der Waals surface area contributed by atoms with Crippen molar-refractivity contribution in [3.63, 3.8) is 0 Å². The summed E-state index contributed by atoms with van der Waals surface area (Å²) in [5, 5.41) is 0. The number of benzene rings is 3. The van der Waals surface area contributed by atoms with Crippen LogP contribution >= 0.6 is 38.5 Å². The molecule has 0 bridgehead atoms. The molecule has 0 spiro atoms. The molecule has 0 N–H and O–H groups in total. The molecule has 0 unspecified atom stereocenters. The third-order valence-electron chi connectivity index (χ3n) is 4.78. The highest BCUT2D eigenvalue weighted by Crippen LogP contribution is 2.60. The van der Waals surface area contributed by atoms with Crippen LogP contribution in [0.4, 0.5) is 13.2 Å². The van der Waals surface area contributed by atoms with Crippen molar-refractivity contribution in [3.05, 3.63) is 124 Å². The minimum absolute atomic E-state index is 0.165. The fourth-order valence-electron chi connectivity index (χ4n) is 3.39. The van der Waals surface area contributed by atoms with Crippen LogP contribution in [0.15, 0.2) is 108 Å². The Morgan fingerprint density at radius 1 is 0.600 bits per heavy atom. The van der Waals surface area contributed by atoms with Crippen molar-refractivity contribution in [1.82, 2.24) is 0 Å². The second-order valence-corrected chi connectivity index (χ2v) is 8.60. The van der Waals surface area contributed by atoms with E-state index in [0.717, 1.165) is 14.7 Å². The lowest BCUT2D eigenvalue weighted by molar-refractivity contribution is -0.0690. The van der Waals surface area contributed by atoms with E-state index in [-0.39, 0.29) is 11.1 Å². The van der Waals surface area contributed by atoms with Crippen molar-refractivity contribution in [3.8, 4) is 0 Å². The minimum Gasteiger partial charge on any atom is -0.166 e. The summed E-state index contributed by atoms with van der Waals surface area (Å²) in [5.74, 6) is 0. The average Bonchev–Trinajstić information content (AvgIpc) is 3.48. The first-order valence-electron chi connectivity index (χ1n) is 9.18. The summed E-state index contributed by atoms with van der Waals surface area (Å²) in [5.41, 5.74) is 2.77. The van der Waals surface area contributed by atoms with Crippen LogP contribution < -0.4 is 0 Å². The van der Waals surface area contributed by atoms with Gasteiger partial charge < -0.3 is 0 Å². The van der Waals surface area contributed by atoms with Crippen LogP contribution in [0.3, 0.4) is 0 Å². The van der Waals surface area contributed by atoms with Crippen LogP contribution in [0, 0.1) is 0 Å². The molecule has 3 aromatic carbocycles. The molecule has 1 saturated carbocycles. The summed E-state index contributed by atoms with van der Waals surface area (Å²) in [6, 6.07) is 26.9. The van der Waals surface area contributed by atoms with Gasteiger partial charge in [-0.2, -0.15) is 13.2 Å². The minimum atomic E-state index is -4.48. The maximum atomic E-state index is 14.3. The predicted octanol–water partition coefficient (Wildman–Crippen LogP) is 8.67. The summed E-state index contributed by atoms with van der Waals surface area (Å²) in [6.07, 6.45) is -4.48. The lowest BCUT2D eigenvalue weighted by Gasteiger charge is -2.11. The van der Waals surface area contributed by atoms with Crippen LogP contribution in [-0.4, -0.2) is 6.18 Å². The van der Waals surface area contributed by atoms with Crippen molar-refractivity contribution in [2.45, 2.75) is 6.18 Å².